The number of methoxy groups -OCH3 is 1. The van der Waals surface area contributed by atoms with Gasteiger partial charge in [0.2, 0.25) is 10.0 Å². The molecule has 9 heteroatoms. The van der Waals surface area contributed by atoms with Crippen molar-refractivity contribution >= 4 is 22.0 Å². The third-order valence-electron chi connectivity index (χ3n) is 2.14. The fourth-order valence-electron chi connectivity index (χ4n) is 1.16. The molecule has 0 fully saturated rings. The molecule has 0 unspecified atom stereocenters. The summed E-state index contributed by atoms with van der Waals surface area (Å²) in [5, 5.41) is 18.0. The van der Waals surface area contributed by atoms with E-state index in [0.717, 1.165) is 25.3 Å². The summed E-state index contributed by atoms with van der Waals surface area (Å²) in [6.07, 6.45) is 0. The number of sulfonamides is 1. The van der Waals surface area contributed by atoms with Crippen LogP contribution in [0.15, 0.2) is 23.1 Å². The van der Waals surface area contributed by atoms with Crippen LogP contribution in [-0.2, 0) is 19.6 Å². The number of carbonyl (C=O) groups is 2. The van der Waals surface area contributed by atoms with Gasteiger partial charge in [-0.3, -0.25) is 4.79 Å². The zero-order chi connectivity index (χ0) is 14.6. The lowest BCUT2D eigenvalue weighted by molar-refractivity contribution is -0.139. The summed E-state index contributed by atoms with van der Waals surface area (Å²) in [7, 11) is -2.97. The first-order valence-corrected chi connectivity index (χ1v) is 6.39. The second-order valence-electron chi connectivity index (χ2n) is 3.38. The number of carbonyl (C=O) groups excluding carboxylic acids is 1. The smallest absolute Gasteiger partial charge is 0.339 e. The highest BCUT2D eigenvalue weighted by Gasteiger charge is 2.19. The fourth-order valence-corrected chi connectivity index (χ4v) is 2.16. The molecule has 0 saturated heterocycles. The Morgan fingerprint density at radius 1 is 1.37 bits per heavy atom. The van der Waals surface area contributed by atoms with E-state index in [1.807, 2.05) is 4.72 Å². The van der Waals surface area contributed by atoms with Crippen molar-refractivity contribution in [2.24, 2.45) is 0 Å². The third-order valence-corrected chi connectivity index (χ3v) is 3.54. The summed E-state index contributed by atoms with van der Waals surface area (Å²) in [5.41, 5.74) is -0.555. The molecule has 0 aliphatic carbocycles. The van der Waals surface area contributed by atoms with Crippen molar-refractivity contribution < 1.29 is 33.0 Å². The zero-order valence-electron chi connectivity index (χ0n) is 9.78. The van der Waals surface area contributed by atoms with Gasteiger partial charge in [-0.05, 0) is 18.2 Å². The molecule has 0 atom stereocenters. The van der Waals surface area contributed by atoms with Crippen molar-refractivity contribution in [2.45, 2.75) is 4.90 Å². The van der Waals surface area contributed by atoms with Crippen LogP contribution in [0.2, 0.25) is 0 Å². The Morgan fingerprint density at radius 2 is 2.00 bits per heavy atom. The van der Waals surface area contributed by atoms with Crippen molar-refractivity contribution in [3.8, 4) is 5.75 Å². The quantitative estimate of drug-likeness (QED) is 0.625. The lowest BCUT2D eigenvalue weighted by atomic mass is 10.2. The number of phenols is 1. The molecule has 104 valence electrons. The first-order chi connectivity index (χ1) is 8.77. The van der Waals surface area contributed by atoms with Gasteiger partial charge in [0, 0.05) is 0 Å². The molecular weight excluding hydrogens is 278 g/mol. The van der Waals surface area contributed by atoms with Crippen LogP contribution in [0.25, 0.3) is 0 Å². The van der Waals surface area contributed by atoms with Gasteiger partial charge >= 0.3 is 11.9 Å². The number of ether oxygens (including phenoxy) is 1. The number of benzene rings is 1. The molecule has 0 aliphatic rings. The molecule has 0 aliphatic heterocycles. The fraction of sp³-hybridized carbons (Fsp3) is 0.200. The van der Waals surface area contributed by atoms with Crippen molar-refractivity contribution in [2.75, 3.05) is 13.7 Å². The number of hydrogen-bond donors (Lipinski definition) is 3. The second kappa shape index (κ2) is 5.67. The predicted molar refractivity (Wildman–Crippen MR) is 62.3 cm³/mol. The molecular formula is C10H11NO7S. The van der Waals surface area contributed by atoms with Gasteiger partial charge < -0.3 is 14.9 Å². The highest BCUT2D eigenvalue weighted by molar-refractivity contribution is 7.89. The molecule has 19 heavy (non-hydrogen) atoms. The average Bonchev–Trinajstić information content (AvgIpc) is 2.35. The van der Waals surface area contributed by atoms with E-state index in [4.69, 9.17) is 5.11 Å². The SMILES string of the molecule is COC(=O)CNS(=O)(=O)c1ccc(O)c(C(=O)O)c1. The summed E-state index contributed by atoms with van der Waals surface area (Å²) in [6, 6.07) is 2.74. The van der Waals surface area contributed by atoms with Crippen LogP contribution in [0.3, 0.4) is 0 Å². The summed E-state index contributed by atoms with van der Waals surface area (Å²) in [5.74, 6) is -2.82. The van der Waals surface area contributed by atoms with Crippen molar-refractivity contribution in [1.29, 1.82) is 0 Å². The molecule has 1 aromatic rings. The Balaban J connectivity index is 3.05. The number of hydrogen-bond acceptors (Lipinski definition) is 6. The standard InChI is InChI=1S/C10H11NO7S/c1-18-9(13)5-11-19(16,17)6-2-3-8(12)7(4-6)10(14)15/h2-4,11-12H,5H2,1H3,(H,14,15). The van der Waals surface area contributed by atoms with Gasteiger partial charge in [-0.2, -0.15) is 4.72 Å². The van der Waals surface area contributed by atoms with Crippen LogP contribution in [-0.4, -0.2) is 44.2 Å². The maximum absolute atomic E-state index is 11.7. The molecule has 0 heterocycles. The van der Waals surface area contributed by atoms with Crippen molar-refractivity contribution in [3.05, 3.63) is 23.8 Å². The van der Waals surface area contributed by atoms with Gasteiger partial charge in [-0.15, -0.1) is 0 Å². The van der Waals surface area contributed by atoms with Crippen LogP contribution in [0.5, 0.6) is 5.75 Å². The van der Waals surface area contributed by atoms with Crippen LogP contribution in [0.4, 0.5) is 0 Å². The van der Waals surface area contributed by atoms with Crippen molar-refractivity contribution in [1.82, 2.24) is 4.72 Å². The van der Waals surface area contributed by atoms with Gasteiger partial charge in [-0.1, -0.05) is 0 Å². The molecule has 0 amide bonds. The first-order valence-electron chi connectivity index (χ1n) is 4.90. The number of rotatable bonds is 5. The topological polar surface area (TPSA) is 130 Å². The lowest BCUT2D eigenvalue weighted by Gasteiger charge is -2.07. The molecule has 1 rings (SSSR count). The molecule has 0 spiro atoms. The highest BCUT2D eigenvalue weighted by atomic mass is 32.2. The molecule has 0 saturated carbocycles. The maximum atomic E-state index is 11.7. The molecule has 8 nitrogen and oxygen atoms in total. The lowest BCUT2D eigenvalue weighted by Crippen LogP contribution is -2.30. The van der Waals surface area contributed by atoms with E-state index < -0.39 is 39.8 Å². The number of aromatic hydroxyl groups is 1. The molecule has 0 bridgehead atoms. The summed E-state index contributed by atoms with van der Waals surface area (Å²) >= 11 is 0. The van der Waals surface area contributed by atoms with Crippen LogP contribution < -0.4 is 4.72 Å². The van der Waals surface area contributed by atoms with Gasteiger partial charge in [0.1, 0.15) is 17.9 Å². The summed E-state index contributed by atoms with van der Waals surface area (Å²) in [6.45, 7) is -0.581. The number of esters is 1. The second-order valence-corrected chi connectivity index (χ2v) is 5.15. The number of nitrogens with one attached hydrogen (secondary N) is 1. The van der Waals surface area contributed by atoms with E-state index in [2.05, 4.69) is 4.74 Å². The summed E-state index contributed by atoms with van der Waals surface area (Å²) < 4.78 is 29.7. The Labute approximate surface area is 108 Å². The van der Waals surface area contributed by atoms with E-state index in [1.165, 1.54) is 0 Å². The van der Waals surface area contributed by atoms with E-state index in [1.54, 1.807) is 0 Å². The minimum absolute atomic E-state index is 0.383. The van der Waals surface area contributed by atoms with Gasteiger partial charge in [0.15, 0.2) is 0 Å². The van der Waals surface area contributed by atoms with Crippen molar-refractivity contribution in [3.63, 3.8) is 0 Å². The number of carboxylic acid groups (broad SMARTS) is 1. The minimum atomic E-state index is -4.06. The Bertz CT molecular complexity index is 608. The van der Waals surface area contributed by atoms with Crippen LogP contribution >= 0.6 is 0 Å². The molecule has 0 aromatic heterocycles. The minimum Gasteiger partial charge on any atom is -0.507 e. The Kier molecular flexibility index (Phi) is 4.46. The van der Waals surface area contributed by atoms with E-state index in [-0.39, 0.29) is 4.90 Å². The molecule has 0 radical (unpaired) electrons. The van der Waals surface area contributed by atoms with Gasteiger partial charge in [0.25, 0.3) is 0 Å². The van der Waals surface area contributed by atoms with Crippen LogP contribution in [0.1, 0.15) is 10.4 Å². The predicted octanol–water partition coefficient (Wildman–Crippen LogP) is -0.458. The Hall–Kier alpha value is -2.13. The van der Waals surface area contributed by atoms with Gasteiger partial charge in [0.05, 0.1) is 12.0 Å². The van der Waals surface area contributed by atoms with E-state index >= 15 is 0 Å². The summed E-state index contributed by atoms with van der Waals surface area (Å²) in [4.78, 5) is 21.2. The normalized spacial score (nSPS) is 11.0. The van der Waals surface area contributed by atoms with E-state index in [0.29, 0.717) is 0 Å². The largest absolute Gasteiger partial charge is 0.507 e. The number of carboxylic acids is 1. The van der Waals surface area contributed by atoms with Gasteiger partial charge in [-0.25, -0.2) is 13.2 Å². The van der Waals surface area contributed by atoms with E-state index in [9.17, 15) is 23.1 Å². The monoisotopic (exact) mass is 289 g/mol. The average molecular weight is 289 g/mol. The zero-order valence-corrected chi connectivity index (χ0v) is 10.6. The molecule has 3 N–H and O–H groups in total. The Morgan fingerprint density at radius 3 is 2.53 bits per heavy atom. The first kappa shape index (κ1) is 14.9. The third kappa shape index (κ3) is 3.66. The maximum Gasteiger partial charge on any atom is 0.339 e. The van der Waals surface area contributed by atoms with Crippen LogP contribution in [0, 0.1) is 0 Å². The highest BCUT2D eigenvalue weighted by Crippen LogP contribution is 2.21. The molecule has 1 aromatic carbocycles. The number of aromatic carboxylic acids is 1.